The summed E-state index contributed by atoms with van der Waals surface area (Å²) in [6.07, 6.45) is 1.06. The van der Waals surface area contributed by atoms with Crippen LogP contribution in [0, 0.1) is 13.8 Å². The summed E-state index contributed by atoms with van der Waals surface area (Å²) < 4.78 is 25.4. The van der Waals surface area contributed by atoms with Crippen LogP contribution >= 0.6 is 7.14 Å². The number of esters is 2. The van der Waals surface area contributed by atoms with Crippen LogP contribution in [0.25, 0.3) is 16.7 Å². The van der Waals surface area contributed by atoms with Gasteiger partial charge in [-0.15, -0.1) is 15.0 Å². The molecule has 1 N–H and O–H groups in total. The summed E-state index contributed by atoms with van der Waals surface area (Å²) in [4.78, 5) is 40.0. The van der Waals surface area contributed by atoms with Crippen LogP contribution in [0.2, 0.25) is 0 Å². The molecule has 0 unspecified atom stereocenters. The van der Waals surface area contributed by atoms with Crippen molar-refractivity contribution < 1.29 is 33.5 Å². The molecule has 250 valence electrons. The van der Waals surface area contributed by atoms with Gasteiger partial charge < -0.3 is 19.1 Å². The Morgan fingerprint density at radius 3 is 1.98 bits per heavy atom. The molecule has 0 bridgehead atoms. The summed E-state index contributed by atoms with van der Waals surface area (Å²) in [5.41, 5.74) is 3.79. The number of ether oxygens (including phenoxy) is 2. The van der Waals surface area contributed by atoms with Crippen LogP contribution in [0.15, 0.2) is 122 Å². The van der Waals surface area contributed by atoms with E-state index in [0.717, 1.165) is 6.08 Å². The molecule has 0 aliphatic rings. The average molecular weight is 686 g/mol. The van der Waals surface area contributed by atoms with Crippen LogP contribution < -0.4 is 10.6 Å². The van der Waals surface area contributed by atoms with Gasteiger partial charge >= 0.3 is 11.9 Å². The fourth-order valence-corrected chi connectivity index (χ4v) is 8.32. The van der Waals surface area contributed by atoms with Crippen molar-refractivity contribution in [2.24, 2.45) is 0 Å². The van der Waals surface area contributed by atoms with E-state index in [-0.39, 0.29) is 30.2 Å². The largest absolute Gasteiger partial charge is 0.506 e. The SMILES string of the molecule is C=CC(=O)OCc1ccc(O)c(-n2nc3ccc(C(=O)OCc4cc(C)c(C(=O)P(=O)(c5ccccc5)c5ccccc5)c(C)c4)cc3n2)c1. The zero-order valence-corrected chi connectivity index (χ0v) is 28.2. The first-order valence-electron chi connectivity index (χ1n) is 15.6. The number of hydrogen-bond acceptors (Lipinski definition) is 9. The molecule has 0 spiro atoms. The molecule has 1 heterocycles. The third kappa shape index (κ3) is 6.74. The molecular formula is C39H32N3O7P. The maximum Gasteiger partial charge on any atom is 0.338 e. The lowest BCUT2D eigenvalue weighted by atomic mass is 10.0. The lowest BCUT2D eigenvalue weighted by molar-refractivity contribution is -0.138. The predicted molar refractivity (Wildman–Crippen MR) is 190 cm³/mol. The number of hydrogen-bond donors (Lipinski definition) is 1. The Morgan fingerprint density at radius 2 is 1.36 bits per heavy atom. The van der Waals surface area contributed by atoms with Gasteiger partial charge in [-0.3, -0.25) is 4.79 Å². The van der Waals surface area contributed by atoms with E-state index < -0.39 is 24.6 Å². The van der Waals surface area contributed by atoms with Crippen molar-refractivity contribution in [2.45, 2.75) is 27.1 Å². The molecule has 0 saturated heterocycles. The molecule has 1 aromatic heterocycles. The third-order valence-corrected chi connectivity index (χ3v) is 11.0. The summed E-state index contributed by atoms with van der Waals surface area (Å²) in [7, 11) is -3.70. The molecule has 0 aliphatic carbocycles. The van der Waals surface area contributed by atoms with Crippen molar-refractivity contribution in [3.63, 3.8) is 0 Å². The molecular weight excluding hydrogens is 653 g/mol. The summed E-state index contributed by atoms with van der Waals surface area (Å²) in [6.45, 7) is 6.84. The molecule has 0 saturated carbocycles. The molecule has 0 fully saturated rings. The van der Waals surface area contributed by atoms with Crippen LogP contribution in [-0.2, 0) is 32.0 Å². The van der Waals surface area contributed by atoms with Crippen molar-refractivity contribution in [3.8, 4) is 11.4 Å². The van der Waals surface area contributed by atoms with Gasteiger partial charge in [0.1, 0.15) is 35.7 Å². The average Bonchev–Trinajstić information content (AvgIpc) is 3.56. The number of nitrogens with zero attached hydrogens (tertiary/aromatic N) is 3. The Labute approximate surface area is 288 Å². The number of aryl methyl sites for hydroxylation is 2. The zero-order chi connectivity index (χ0) is 35.4. The Bertz CT molecular complexity index is 2250. The van der Waals surface area contributed by atoms with E-state index in [2.05, 4.69) is 16.8 Å². The topological polar surface area (TPSA) is 138 Å². The molecule has 0 radical (unpaired) electrons. The van der Waals surface area contributed by atoms with Gasteiger partial charge in [-0.05, 0) is 66.4 Å². The third-order valence-electron chi connectivity index (χ3n) is 8.12. The number of rotatable bonds is 11. The van der Waals surface area contributed by atoms with Crippen molar-refractivity contribution in [3.05, 3.63) is 155 Å². The van der Waals surface area contributed by atoms with Gasteiger partial charge in [0.15, 0.2) is 0 Å². The number of benzene rings is 5. The summed E-state index contributed by atoms with van der Waals surface area (Å²) >= 11 is 0. The summed E-state index contributed by atoms with van der Waals surface area (Å²) in [5, 5.41) is 20.2. The highest BCUT2D eigenvalue weighted by atomic mass is 31.2. The first-order chi connectivity index (χ1) is 24.1. The Hall–Kier alpha value is -6.12. The normalized spacial score (nSPS) is 11.2. The van der Waals surface area contributed by atoms with E-state index in [1.54, 1.807) is 98.8 Å². The zero-order valence-electron chi connectivity index (χ0n) is 27.3. The van der Waals surface area contributed by atoms with Gasteiger partial charge in [-0.1, -0.05) is 85.4 Å². The van der Waals surface area contributed by atoms with E-state index in [1.807, 2.05) is 12.1 Å². The maximum absolute atomic E-state index is 14.7. The molecule has 10 nitrogen and oxygen atoms in total. The molecule has 0 atom stereocenters. The number of carbonyl (C=O) groups is 3. The van der Waals surface area contributed by atoms with Gasteiger partial charge in [0, 0.05) is 22.2 Å². The van der Waals surface area contributed by atoms with Crippen molar-refractivity contribution in [1.29, 1.82) is 0 Å². The predicted octanol–water partition coefficient (Wildman–Crippen LogP) is 6.48. The van der Waals surface area contributed by atoms with E-state index in [9.17, 15) is 24.1 Å². The molecule has 50 heavy (non-hydrogen) atoms. The number of phenols is 1. The quantitative estimate of drug-likeness (QED) is 0.0923. The minimum absolute atomic E-state index is 0.0326. The van der Waals surface area contributed by atoms with Crippen molar-refractivity contribution in [1.82, 2.24) is 15.0 Å². The van der Waals surface area contributed by atoms with Crippen LogP contribution in [0.4, 0.5) is 0 Å². The monoisotopic (exact) mass is 685 g/mol. The molecule has 6 aromatic rings. The first kappa shape index (κ1) is 33.8. The standard InChI is InChI=1S/C39H32N3O7P/c1-4-36(44)48-23-27-15-18-35(43)34(21-27)42-40-32-17-16-29(22-33(32)41-42)38(45)49-24-28-19-25(2)37(26(3)20-28)39(46)50(47,30-11-7-5-8-12-30)31-13-9-6-10-14-31/h4-22,43H,1,23-24H2,2-3H3. The van der Waals surface area contributed by atoms with Crippen LogP contribution in [0.5, 0.6) is 5.75 Å². The molecule has 0 aliphatic heterocycles. The van der Waals surface area contributed by atoms with Crippen molar-refractivity contribution in [2.75, 3.05) is 0 Å². The van der Waals surface area contributed by atoms with E-state index in [0.29, 0.717) is 49.5 Å². The summed E-state index contributed by atoms with van der Waals surface area (Å²) in [6, 6.07) is 30.5. The van der Waals surface area contributed by atoms with Crippen molar-refractivity contribution >= 4 is 46.2 Å². The second-order valence-corrected chi connectivity index (χ2v) is 14.3. The van der Waals surface area contributed by atoms with E-state index in [1.165, 1.54) is 16.9 Å². The molecule has 11 heteroatoms. The Kier molecular flexibility index (Phi) is 9.56. The van der Waals surface area contributed by atoms with Crippen LogP contribution in [0.3, 0.4) is 0 Å². The number of aromatic nitrogens is 3. The second kappa shape index (κ2) is 14.2. The van der Waals surface area contributed by atoms with Gasteiger partial charge in [0.25, 0.3) is 0 Å². The lowest BCUT2D eigenvalue weighted by Crippen LogP contribution is -2.23. The smallest absolute Gasteiger partial charge is 0.338 e. The second-order valence-electron chi connectivity index (χ2n) is 11.6. The van der Waals surface area contributed by atoms with E-state index >= 15 is 0 Å². The highest BCUT2D eigenvalue weighted by Crippen LogP contribution is 2.48. The lowest BCUT2D eigenvalue weighted by Gasteiger charge is -2.21. The van der Waals surface area contributed by atoms with Crippen LogP contribution in [-0.4, -0.2) is 37.6 Å². The summed E-state index contributed by atoms with van der Waals surface area (Å²) in [5.74, 6) is -1.26. The minimum Gasteiger partial charge on any atom is -0.506 e. The Balaban J connectivity index is 1.20. The maximum atomic E-state index is 14.7. The van der Waals surface area contributed by atoms with Gasteiger partial charge in [-0.2, -0.15) is 0 Å². The fraction of sp³-hybridized carbons (Fsp3) is 0.103. The Morgan fingerprint density at radius 1 is 0.760 bits per heavy atom. The van der Waals surface area contributed by atoms with Gasteiger partial charge in [0.2, 0.25) is 12.7 Å². The minimum atomic E-state index is -3.70. The van der Waals surface area contributed by atoms with Crippen LogP contribution in [0.1, 0.15) is 43.0 Å². The molecule has 5 aromatic carbocycles. The number of fused-ring (bicyclic) bond motifs is 1. The van der Waals surface area contributed by atoms with Gasteiger partial charge in [0.05, 0.1) is 5.56 Å². The molecule has 6 rings (SSSR count). The highest BCUT2D eigenvalue weighted by molar-refractivity contribution is 7.93. The number of carbonyl (C=O) groups excluding carboxylic acids is 3. The fourth-order valence-electron chi connectivity index (χ4n) is 5.70. The number of phenolic OH excluding ortho intramolecular Hbond substituents is 1. The van der Waals surface area contributed by atoms with Gasteiger partial charge in [-0.25, -0.2) is 9.59 Å². The molecule has 0 amide bonds. The van der Waals surface area contributed by atoms with E-state index in [4.69, 9.17) is 9.47 Å². The highest BCUT2D eigenvalue weighted by Gasteiger charge is 2.38. The first-order valence-corrected chi connectivity index (χ1v) is 17.3. The number of aromatic hydroxyl groups is 1.